The van der Waals surface area contributed by atoms with Gasteiger partial charge in [0.05, 0.1) is 5.69 Å². The number of benzene rings is 2. The van der Waals surface area contributed by atoms with Crippen molar-refractivity contribution < 1.29 is 4.39 Å². The Balaban J connectivity index is 1.81. The average Bonchev–Trinajstić information content (AvgIpc) is 3.03. The van der Waals surface area contributed by atoms with Gasteiger partial charge in [-0.05, 0) is 58.7 Å². The maximum atomic E-state index is 13.1. The smallest absolute Gasteiger partial charge is 0.207 e. The van der Waals surface area contributed by atoms with E-state index in [2.05, 4.69) is 48.4 Å². The molecule has 1 heterocycles. The van der Waals surface area contributed by atoms with Crippen molar-refractivity contribution in [2.45, 2.75) is 37.1 Å². The Morgan fingerprint density at radius 3 is 2.17 bits per heavy atom. The van der Waals surface area contributed by atoms with E-state index in [0.717, 1.165) is 11.3 Å². The normalized spacial score (nSPS) is 12.5. The number of aromatic nitrogens is 4. The van der Waals surface area contributed by atoms with E-state index in [9.17, 15) is 4.39 Å². The molecule has 0 bridgehead atoms. The van der Waals surface area contributed by atoms with Crippen molar-refractivity contribution in [3.8, 4) is 5.69 Å². The number of thioether (sulfide) groups is 1. The predicted octanol–water partition coefficient (Wildman–Crippen LogP) is 4.78. The molecular formula is C18H19FN4S. The quantitative estimate of drug-likeness (QED) is 0.626. The van der Waals surface area contributed by atoms with Crippen molar-refractivity contribution >= 4 is 11.8 Å². The van der Waals surface area contributed by atoms with Gasteiger partial charge in [0.1, 0.15) is 5.82 Å². The van der Waals surface area contributed by atoms with E-state index in [1.807, 2.05) is 12.1 Å². The van der Waals surface area contributed by atoms with Crippen molar-refractivity contribution in [1.82, 2.24) is 20.2 Å². The van der Waals surface area contributed by atoms with Crippen LogP contribution in [0.2, 0.25) is 0 Å². The second kappa shape index (κ2) is 7.13. The van der Waals surface area contributed by atoms with Crippen LogP contribution in [0.15, 0.2) is 53.7 Å². The third-order valence-electron chi connectivity index (χ3n) is 3.87. The lowest BCUT2D eigenvalue weighted by atomic mass is 10.0. The molecule has 0 amide bonds. The Kier molecular flexibility index (Phi) is 4.94. The van der Waals surface area contributed by atoms with Crippen molar-refractivity contribution in [1.29, 1.82) is 0 Å². The third-order valence-corrected chi connectivity index (χ3v) is 4.96. The molecule has 0 fully saturated rings. The van der Waals surface area contributed by atoms with Crippen LogP contribution in [0.1, 0.15) is 43.1 Å². The molecule has 24 heavy (non-hydrogen) atoms. The number of hydrogen-bond donors (Lipinski definition) is 0. The zero-order valence-electron chi connectivity index (χ0n) is 13.8. The first-order valence-electron chi connectivity index (χ1n) is 7.85. The highest BCUT2D eigenvalue weighted by Gasteiger charge is 2.15. The summed E-state index contributed by atoms with van der Waals surface area (Å²) < 4.78 is 14.8. The zero-order valence-corrected chi connectivity index (χ0v) is 14.7. The van der Waals surface area contributed by atoms with Crippen LogP contribution in [0, 0.1) is 5.82 Å². The van der Waals surface area contributed by atoms with Crippen LogP contribution >= 0.6 is 11.8 Å². The second-order valence-corrected chi connectivity index (χ2v) is 7.24. The van der Waals surface area contributed by atoms with Gasteiger partial charge >= 0.3 is 0 Å². The Morgan fingerprint density at radius 1 is 0.917 bits per heavy atom. The molecular weight excluding hydrogens is 323 g/mol. The highest BCUT2D eigenvalue weighted by molar-refractivity contribution is 7.99. The summed E-state index contributed by atoms with van der Waals surface area (Å²) in [6.45, 7) is 6.38. The first-order valence-corrected chi connectivity index (χ1v) is 8.73. The molecule has 0 spiro atoms. The van der Waals surface area contributed by atoms with Gasteiger partial charge in [-0.2, -0.15) is 4.68 Å². The molecule has 0 saturated carbocycles. The maximum Gasteiger partial charge on any atom is 0.214 e. The molecule has 1 atom stereocenters. The largest absolute Gasteiger partial charge is 0.214 e. The Morgan fingerprint density at radius 2 is 1.54 bits per heavy atom. The molecule has 4 nitrogen and oxygen atoms in total. The summed E-state index contributed by atoms with van der Waals surface area (Å²) in [5.41, 5.74) is 3.24. The van der Waals surface area contributed by atoms with E-state index < -0.39 is 0 Å². The minimum atomic E-state index is -0.231. The van der Waals surface area contributed by atoms with Crippen LogP contribution in [0.25, 0.3) is 5.69 Å². The molecule has 0 aliphatic heterocycles. The van der Waals surface area contributed by atoms with Crippen LogP contribution in [0.5, 0.6) is 0 Å². The van der Waals surface area contributed by atoms with Gasteiger partial charge in [0.2, 0.25) is 5.16 Å². The minimum Gasteiger partial charge on any atom is -0.207 e. The van der Waals surface area contributed by atoms with Crippen molar-refractivity contribution in [3.63, 3.8) is 0 Å². The van der Waals surface area contributed by atoms with E-state index in [1.165, 1.54) is 17.7 Å². The zero-order chi connectivity index (χ0) is 17.1. The Hall–Kier alpha value is -2.21. The fraction of sp³-hybridized carbons (Fsp3) is 0.278. The summed E-state index contributed by atoms with van der Waals surface area (Å²) in [5.74, 6) is 0.256. The molecule has 0 saturated heterocycles. The van der Waals surface area contributed by atoms with Gasteiger partial charge in [0.15, 0.2) is 0 Å². The SMILES string of the molecule is CC(C)c1ccc(-n2nnnc2S[C@H](C)c2ccc(F)cc2)cc1. The van der Waals surface area contributed by atoms with Crippen molar-refractivity contribution in [3.05, 3.63) is 65.5 Å². The van der Waals surface area contributed by atoms with Crippen LogP contribution < -0.4 is 0 Å². The van der Waals surface area contributed by atoms with E-state index in [-0.39, 0.29) is 11.1 Å². The van der Waals surface area contributed by atoms with Crippen molar-refractivity contribution in [2.24, 2.45) is 0 Å². The van der Waals surface area contributed by atoms with Gasteiger partial charge in [-0.1, -0.05) is 49.9 Å². The molecule has 3 aromatic rings. The monoisotopic (exact) mass is 342 g/mol. The molecule has 0 aliphatic rings. The lowest BCUT2D eigenvalue weighted by molar-refractivity contribution is 0.627. The van der Waals surface area contributed by atoms with E-state index in [4.69, 9.17) is 0 Å². The van der Waals surface area contributed by atoms with Crippen LogP contribution in [0.3, 0.4) is 0 Å². The molecule has 0 aliphatic carbocycles. The van der Waals surface area contributed by atoms with Crippen LogP contribution in [-0.2, 0) is 0 Å². The first-order chi connectivity index (χ1) is 11.5. The second-order valence-electron chi connectivity index (χ2n) is 5.93. The number of nitrogens with zero attached hydrogens (tertiary/aromatic N) is 4. The van der Waals surface area contributed by atoms with E-state index in [0.29, 0.717) is 11.1 Å². The Labute approximate surface area is 145 Å². The van der Waals surface area contributed by atoms with Gasteiger partial charge in [0.25, 0.3) is 0 Å². The fourth-order valence-electron chi connectivity index (χ4n) is 2.37. The summed E-state index contributed by atoms with van der Waals surface area (Å²) in [7, 11) is 0. The molecule has 2 aromatic carbocycles. The summed E-state index contributed by atoms with van der Waals surface area (Å²) in [6, 6.07) is 14.8. The van der Waals surface area contributed by atoms with E-state index >= 15 is 0 Å². The molecule has 6 heteroatoms. The third kappa shape index (κ3) is 3.64. The number of rotatable bonds is 5. The topological polar surface area (TPSA) is 43.6 Å². The molecule has 1 aromatic heterocycles. The highest BCUT2D eigenvalue weighted by atomic mass is 32.2. The van der Waals surface area contributed by atoms with Crippen LogP contribution in [-0.4, -0.2) is 20.2 Å². The minimum absolute atomic E-state index is 0.116. The summed E-state index contributed by atoms with van der Waals surface area (Å²) in [6.07, 6.45) is 0. The van der Waals surface area contributed by atoms with Crippen LogP contribution in [0.4, 0.5) is 4.39 Å². The van der Waals surface area contributed by atoms with Gasteiger partial charge in [-0.25, -0.2) is 4.39 Å². The molecule has 0 radical (unpaired) electrons. The standard InChI is InChI=1S/C18H19FN4S/c1-12(2)14-6-10-17(11-7-14)23-18(20-21-22-23)24-13(3)15-4-8-16(19)9-5-15/h4-13H,1-3H3/t13-/m1/s1. The lowest BCUT2D eigenvalue weighted by Gasteiger charge is -2.12. The average molecular weight is 342 g/mol. The number of halogens is 1. The molecule has 0 N–H and O–H groups in total. The maximum absolute atomic E-state index is 13.1. The number of tetrazole rings is 1. The molecule has 3 rings (SSSR count). The summed E-state index contributed by atoms with van der Waals surface area (Å²) in [4.78, 5) is 0. The van der Waals surface area contributed by atoms with Gasteiger partial charge in [0, 0.05) is 5.25 Å². The number of hydrogen-bond acceptors (Lipinski definition) is 4. The predicted molar refractivity (Wildman–Crippen MR) is 93.9 cm³/mol. The highest BCUT2D eigenvalue weighted by Crippen LogP contribution is 2.34. The van der Waals surface area contributed by atoms with Crippen molar-refractivity contribution in [2.75, 3.05) is 0 Å². The van der Waals surface area contributed by atoms with Gasteiger partial charge in [-0.15, -0.1) is 5.10 Å². The lowest BCUT2D eigenvalue weighted by Crippen LogP contribution is -2.01. The summed E-state index contributed by atoms with van der Waals surface area (Å²) in [5, 5.41) is 12.8. The van der Waals surface area contributed by atoms with Gasteiger partial charge < -0.3 is 0 Å². The first kappa shape index (κ1) is 16.6. The Bertz CT molecular complexity index is 797. The van der Waals surface area contributed by atoms with Gasteiger partial charge in [-0.3, -0.25) is 0 Å². The molecule has 0 unspecified atom stereocenters. The fourth-order valence-corrected chi connectivity index (χ4v) is 3.31. The van der Waals surface area contributed by atoms with E-state index in [1.54, 1.807) is 28.6 Å². The molecule has 124 valence electrons. The summed E-state index contributed by atoms with van der Waals surface area (Å²) >= 11 is 1.55.